The van der Waals surface area contributed by atoms with Gasteiger partial charge in [0.2, 0.25) is 0 Å². The maximum Gasteiger partial charge on any atom is 0.315 e. The summed E-state index contributed by atoms with van der Waals surface area (Å²) >= 11 is 1.70. The van der Waals surface area contributed by atoms with Crippen LogP contribution in [-0.4, -0.2) is 23.8 Å². The van der Waals surface area contributed by atoms with Gasteiger partial charge in [0, 0.05) is 16.3 Å². The topological polar surface area (TPSA) is 61.4 Å². The quantitative estimate of drug-likeness (QED) is 0.782. The van der Waals surface area contributed by atoms with Crippen LogP contribution in [0.3, 0.4) is 0 Å². The van der Waals surface area contributed by atoms with Crippen LogP contribution in [0.25, 0.3) is 0 Å². The zero-order chi connectivity index (χ0) is 13.0. The molecule has 2 amide bonds. The maximum absolute atomic E-state index is 11.6. The van der Waals surface area contributed by atoms with Crippen molar-refractivity contribution in [3.8, 4) is 0 Å². The van der Waals surface area contributed by atoms with Crippen molar-refractivity contribution in [2.75, 3.05) is 6.54 Å². The Hall–Kier alpha value is -1.07. The van der Waals surface area contributed by atoms with Crippen LogP contribution in [0, 0.1) is 12.8 Å². The van der Waals surface area contributed by atoms with Gasteiger partial charge in [0.1, 0.15) is 0 Å². The van der Waals surface area contributed by atoms with Crippen molar-refractivity contribution in [3.05, 3.63) is 21.9 Å². The highest BCUT2D eigenvalue weighted by Crippen LogP contribution is 2.24. The molecule has 5 heteroatoms. The molecular formula is C13H20N2O2S. The van der Waals surface area contributed by atoms with E-state index in [1.54, 1.807) is 11.3 Å². The van der Waals surface area contributed by atoms with Crippen molar-refractivity contribution in [1.29, 1.82) is 0 Å². The predicted octanol–water partition coefficient (Wildman–Crippen LogP) is 2.02. The third-order valence-corrected chi connectivity index (χ3v) is 4.28. The number of aryl methyl sites for hydroxylation is 1. The molecule has 18 heavy (non-hydrogen) atoms. The van der Waals surface area contributed by atoms with E-state index in [0.29, 0.717) is 19.0 Å². The molecule has 2 rings (SSSR count). The minimum atomic E-state index is -0.172. The number of hydrogen-bond donors (Lipinski definition) is 3. The van der Waals surface area contributed by atoms with Gasteiger partial charge in [-0.3, -0.25) is 0 Å². The Kier molecular flexibility index (Phi) is 4.60. The molecule has 1 saturated carbocycles. The molecule has 4 nitrogen and oxygen atoms in total. The van der Waals surface area contributed by atoms with Crippen molar-refractivity contribution >= 4 is 17.4 Å². The monoisotopic (exact) mass is 268 g/mol. The molecule has 0 saturated heterocycles. The number of carbonyl (C=O) groups is 1. The molecule has 0 radical (unpaired) electrons. The first-order chi connectivity index (χ1) is 8.63. The summed E-state index contributed by atoms with van der Waals surface area (Å²) in [6, 6.07) is 3.97. The first kappa shape index (κ1) is 13.4. The van der Waals surface area contributed by atoms with E-state index in [0.717, 1.165) is 19.3 Å². The van der Waals surface area contributed by atoms with Gasteiger partial charge in [-0.25, -0.2) is 4.79 Å². The van der Waals surface area contributed by atoms with Crippen LogP contribution >= 0.6 is 11.3 Å². The second-order valence-corrected chi connectivity index (χ2v) is 6.28. The highest BCUT2D eigenvalue weighted by molar-refractivity contribution is 7.11. The summed E-state index contributed by atoms with van der Waals surface area (Å²) in [5.74, 6) is 0.426. The molecule has 1 aromatic rings. The van der Waals surface area contributed by atoms with Gasteiger partial charge >= 0.3 is 6.03 Å². The van der Waals surface area contributed by atoms with Gasteiger partial charge in [-0.1, -0.05) is 0 Å². The lowest BCUT2D eigenvalue weighted by Crippen LogP contribution is -2.37. The summed E-state index contributed by atoms with van der Waals surface area (Å²) in [4.78, 5) is 14.0. The highest BCUT2D eigenvalue weighted by Gasteiger charge is 2.22. The number of hydrogen-bond acceptors (Lipinski definition) is 3. The number of aliphatic hydroxyl groups is 1. The van der Waals surface area contributed by atoms with Gasteiger partial charge in [-0.05, 0) is 44.2 Å². The van der Waals surface area contributed by atoms with Gasteiger partial charge in [-0.2, -0.15) is 0 Å². The third kappa shape index (κ3) is 3.99. The highest BCUT2D eigenvalue weighted by atomic mass is 32.1. The number of aliphatic hydroxyl groups excluding tert-OH is 1. The van der Waals surface area contributed by atoms with Gasteiger partial charge in [0.15, 0.2) is 0 Å². The predicted molar refractivity (Wildman–Crippen MR) is 72.6 cm³/mol. The number of carbonyl (C=O) groups excluding carboxylic acids is 1. The molecule has 1 aliphatic rings. The maximum atomic E-state index is 11.6. The molecule has 0 aromatic carbocycles. The van der Waals surface area contributed by atoms with Crippen LogP contribution in [0.15, 0.2) is 12.1 Å². The average molecular weight is 268 g/mol. The molecule has 1 fully saturated rings. The SMILES string of the molecule is Cc1ccc(CNC(=O)NC[C@H]2CC[C@H](O)C2)s1. The number of nitrogens with one attached hydrogen (secondary N) is 2. The fraction of sp³-hybridized carbons (Fsp3) is 0.615. The third-order valence-electron chi connectivity index (χ3n) is 3.28. The van der Waals surface area contributed by atoms with Crippen LogP contribution in [-0.2, 0) is 6.54 Å². The van der Waals surface area contributed by atoms with E-state index in [-0.39, 0.29) is 12.1 Å². The number of amides is 2. The zero-order valence-electron chi connectivity index (χ0n) is 10.6. The first-order valence-corrected chi connectivity index (χ1v) is 7.20. The standard InChI is InChI=1S/C13H20N2O2S/c1-9-2-5-12(18-9)8-15-13(17)14-7-10-3-4-11(16)6-10/h2,5,10-11,16H,3-4,6-8H2,1H3,(H2,14,15,17)/t10-,11-/m0/s1. The lowest BCUT2D eigenvalue weighted by atomic mass is 10.1. The smallest absolute Gasteiger partial charge is 0.315 e. The second kappa shape index (κ2) is 6.20. The van der Waals surface area contributed by atoms with Crippen LogP contribution in [0.1, 0.15) is 29.0 Å². The van der Waals surface area contributed by atoms with Gasteiger partial charge in [0.25, 0.3) is 0 Å². The zero-order valence-corrected chi connectivity index (χ0v) is 11.4. The van der Waals surface area contributed by atoms with E-state index in [2.05, 4.69) is 23.6 Å². The van der Waals surface area contributed by atoms with Crippen molar-refractivity contribution in [2.24, 2.45) is 5.92 Å². The number of rotatable bonds is 4. The van der Waals surface area contributed by atoms with Crippen LogP contribution < -0.4 is 10.6 Å². The molecular weight excluding hydrogens is 248 g/mol. The minimum absolute atomic E-state index is 0.123. The van der Waals surface area contributed by atoms with Gasteiger partial charge in [0.05, 0.1) is 12.6 Å². The summed E-state index contributed by atoms with van der Waals surface area (Å²) in [6.07, 6.45) is 2.51. The summed E-state index contributed by atoms with van der Waals surface area (Å²) in [5.41, 5.74) is 0. The van der Waals surface area contributed by atoms with Crippen molar-refractivity contribution in [2.45, 2.75) is 38.8 Å². The average Bonchev–Trinajstić information content (AvgIpc) is 2.93. The van der Waals surface area contributed by atoms with Crippen molar-refractivity contribution in [1.82, 2.24) is 10.6 Å². The lowest BCUT2D eigenvalue weighted by molar-refractivity contribution is 0.177. The van der Waals surface area contributed by atoms with Crippen molar-refractivity contribution in [3.63, 3.8) is 0 Å². The number of thiophene rings is 1. The Balaban J connectivity index is 1.63. The van der Waals surface area contributed by atoms with E-state index >= 15 is 0 Å². The molecule has 1 aliphatic carbocycles. The normalized spacial score (nSPS) is 23.0. The minimum Gasteiger partial charge on any atom is -0.393 e. The summed E-state index contributed by atoms with van der Waals surface area (Å²) in [7, 11) is 0. The molecule has 0 spiro atoms. The molecule has 1 aromatic heterocycles. The summed E-state index contributed by atoms with van der Waals surface area (Å²) in [6.45, 7) is 3.30. The van der Waals surface area contributed by atoms with Gasteiger partial charge < -0.3 is 15.7 Å². The Morgan fingerprint density at radius 2 is 2.28 bits per heavy atom. The molecule has 2 atom stereocenters. The molecule has 0 unspecified atom stereocenters. The lowest BCUT2D eigenvalue weighted by Gasteiger charge is -2.11. The Morgan fingerprint density at radius 3 is 2.89 bits per heavy atom. The first-order valence-electron chi connectivity index (χ1n) is 6.38. The number of urea groups is 1. The van der Waals surface area contributed by atoms with E-state index in [1.807, 2.05) is 6.07 Å². The van der Waals surface area contributed by atoms with Gasteiger partial charge in [-0.15, -0.1) is 11.3 Å². The molecule has 0 aliphatic heterocycles. The Labute approximate surface area is 111 Å². The molecule has 100 valence electrons. The molecule has 1 heterocycles. The second-order valence-electron chi connectivity index (χ2n) is 4.91. The van der Waals surface area contributed by atoms with Crippen LogP contribution in [0.2, 0.25) is 0 Å². The van der Waals surface area contributed by atoms with Crippen LogP contribution in [0.5, 0.6) is 0 Å². The van der Waals surface area contributed by atoms with E-state index < -0.39 is 0 Å². The fourth-order valence-corrected chi connectivity index (χ4v) is 3.11. The Morgan fingerprint density at radius 1 is 1.44 bits per heavy atom. The Bertz CT molecular complexity index is 405. The van der Waals surface area contributed by atoms with E-state index in [1.165, 1.54) is 9.75 Å². The van der Waals surface area contributed by atoms with E-state index in [4.69, 9.17) is 0 Å². The van der Waals surface area contributed by atoms with E-state index in [9.17, 15) is 9.90 Å². The summed E-state index contributed by atoms with van der Waals surface area (Å²) < 4.78 is 0. The van der Waals surface area contributed by atoms with Crippen LogP contribution in [0.4, 0.5) is 4.79 Å². The summed E-state index contributed by atoms with van der Waals surface area (Å²) in [5, 5.41) is 15.1. The fourth-order valence-electron chi connectivity index (χ4n) is 2.28. The molecule has 3 N–H and O–H groups in total. The van der Waals surface area contributed by atoms with Crippen molar-refractivity contribution < 1.29 is 9.90 Å². The molecule has 0 bridgehead atoms. The largest absolute Gasteiger partial charge is 0.393 e.